The van der Waals surface area contributed by atoms with Crippen molar-refractivity contribution in [2.24, 2.45) is 0 Å². The Kier molecular flexibility index (Phi) is 31.7. The van der Waals surface area contributed by atoms with Gasteiger partial charge in [-0.15, -0.1) is 0 Å². The second-order valence-corrected chi connectivity index (χ2v) is 14.6. The molecule has 0 fully saturated rings. The van der Waals surface area contributed by atoms with Crippen molar-refractivity contribution in [2.75, 3.05) is 13.1 Å². The van der Waals surface area contributed by atoms with E-state index in [1.165, 1.54) is 231 Å². The number of rotatable bonds is 36. The molecule has 0 aromatic carbocycles. The van der Waals surface area contributed by atoms with Crippen molar-refractivity contribution in [3.63, 3.8) is 0 Å². The zero-order valence-corrected chi connectivity index (χ0v) is 31.1. The predicted octanol–water partition coefficient (Wildman–Crippen LogP) is 14.7. The van der Waals surface area contributed by atoms with E-state index in [2.05, 4.69) is 43.0 Å². The first-order valence-electron chi connectivity index (χ1n) is 21.0. The normalized spacial score (nSPS) is 14.8. The maximum Gasteiger partial charge on any atom is 0.101 e. The molecular formula is C42H84N2. The zero-order chi connectivity index (χ0) is 31.6. The second-order valence-electron chi connectivity index (χ2n) is 14.6. The van der Waals surface area contributed by atoms with E-state index in [0.717, 1.165) is 0 Å². The van der Waals surface area contributed by atoms with E-state index in [1.807, 2.05) is 0 Å². The van der Waals surface area contributed by atoms with Crippen molar-refractivity contribution in [2.45, 2.75) is 245 Å². The second kappa shape index (κ2) is 33.7. The Labute approximate surface area is 280 Å². The van der Waals surface area contributed by atoms with Gasteiger partial charge in [-0.05, 0) is 25.7 Å². The molecule has 1 rings (SSSR count). The fourth-order valence-corrected chi connectivity index (χ4v) is 7.25. The summed E-state index contributed by atoms with van der Waals surface area (Å²) in [5.74, 6) is 0. The van der Waals surface area contributed by atoms with E-state index in [9.17, 15) is 0 Å². The van der Waals surface area contributed by atoms with Crippen LogP contribution < -0.4 is 0 Å². The molecule has 1 heterocycles. The molecule has 262 valence electrons. The average Bonchev–Trinajstić information content (AvgIpc) is 3.42. The van der Waals surface area contributed by atoms with E-state index in [0.29, 0.717) is 6.17 Å². The van der Waals surface area contributed by atoms with Gasteiger partial charge in [-0.3, -0.25) is 0 Å². The summed E-state index contributed by atoms with van der Waals surface area (Å²) in [5.41, 5.74) is 0. The van der Waals surface area contributed by atoms with Gasteiger partial charge in [0.25, 0.3) is 0 Å². The summed E-state index contributed by atoms with van der Waals surface area (Å²) in [5, 5.41) is 0. The standard InChI is InChI=1S/C42H84N2/c1-4-7-10-12-14-16-18-20-22-23-25-27-29-31-33-36-39-44-41-40-43(38-35-9-6-3)42(44)37-34-32-30-28-26-24-21-19-17-15-13-11-8-5-2/h40-42H,4-39H2,1-3H3. The van der Waals surface area contributed by atoms with Crippen LogP contribution in [0.5, 0.6) is 0 Å². The Balaban J connectivity index is 2.05. The summed E-state index contributed by atoms with van der Waals surface area (Å²) in [7, 11) is 0. The van der Waals surface area contributed by atoms with E-state index >= 15 is 0 Å². The van der Waals surface area contributed by atoms with Gasteiger partial charge in [-0.1, -0.05) is 213 Å². The first-order chi connectivity index (χ1) is 21.8. The molecule has 0 aromatic heterocycles. The quantitative estimate of drug-likeness (QED) is 0.0646. The first kappa shape index (κ1) is 41.4. The number of unbranched alkanes of at least 4 members (excludes halogenated alkanes) is 30. The van der Waals surface area contributed by atoms with Crippen molar-refractivity contribution in [1.29, 1.82) is 0 Å². The molecule has 44 heavy (non-hydrogen) atoms. The van der Waals surface area contributed by atoms with Crippen molar-refractivity contribution < 1.29 is 0 Å². The smallest absolute Gasteiger partial charge is 0.101 e. The number of hydrogen-bond donors (Lipinski definition) is 0. The van der Waals surface area contributed by atoms with Crippen LogP contribution in [0.15, 0.2) is 12.4 Å². The summed E-state index contributed by atoms with van der Waals surface area (Å²) >= 11 is 0. The van der Waals surface area contributed by atoms with Crippen LogP contribution in [0.4, 0.5) is 0 Å². The summed E-state index contributed by atoms with van der Waals surface area (Å²) in [6, 6.07) is 0. The highest BCUT2D eigenvalue weighted by Gasteiger charge is 2.24. The van der Waals surface area contributed by atoms with Gasteiger partial charge >= 0.3 is 0 Å². The van der Waals surface area contributed by atoms with Crippen LogP contribution in [0.1, 0.15) is 239 Å². The van der Waals surface area contributed by atoms with Crippen molar-refractivity contribution in [1.82, 2.24) is 9.80 Å². The van der Waals surface area contributed by atoms with Crippen LogP contribution in [0, 0.1) is 0 Å². The third kappa shape index (κ3) is 25.5. The molecule has 0 saturated carbocycles. The van der Waals surface area contributed by atoms with Gasteiger partial charge in [0.15, 0.2) is 0 Å². The van der Waals surface area contributed by atoms with Crippen molar-refractivity contribution >= 4 is 0 Å². The summed E-state index contributed by atoms with van der Waals surface area (Å²) in [6.45, 7) is 9.47. The van der Waals surface area contributed by atoms with Crippen LogP contribution in [-0.4, -0.2) is 29.1 Å². The molecule has 0 bridgehead atoms. The molecule has 0 amide bonds. The van der Waals surface area contributed by atoms with Gasteiger partial charge in [0, 0.05) is 25.5 Å². The lowest BCUT2D eigenvalue weighted by Gasteiger charge is -2.33. The fourth-order valence-electron chi connectivity index (χ4n) is 7.25. The van der Waals surface area contributed by atoms with Crippen LogP contribution in [-0.2, 0) is 0 Å². The molecule has 2 nitrogen and oxygen atoms in total. The minimum Gasteiger partial charge on any atom is -0.356 e. The molecule has 0 aromatic rings. The number of nitrogens with zero attached hydrogens (tertiary/aromatic N) is 2. The Morgan fingerprint density at radius 3 is 0.841 bits per heavy atom. The van der Waals surface area contributed by atoms with Crippen molar-refractivity contribution in [3.05, 3.63) is 12.4 Å². The average molecular weight is 617 g/mol. The lowest BCUT2D eigenvalue weighted by Crippen LogP contribution is -2.39. The minimum absolute atomic E-state index is 0.639. The molecule has 1 unspecified atom stereocenters. The van der Waals surface area contributed by atoms with E-state index in [-0.39, 0.29) is 0 Å². The molecule has 0 saturated heterocycles. The van der Waals surface area contributed by atoms with Crippen LogP contribution in [0.25, 0.3) is 0 Å². The van der Waals surface area contributed by atoms with E-state index < -0.39 is 0 Å². The van der Waals surface area contributed by atoms with Crippen LogP contribution in [0.2, 0.25) is 0 Å². The molecular weight excluding hydrogens is 532 g/mol. The highest BCUT2D eigenvalue weighted by Crippen LogP contribution is 2.24. The molecule has 0 N–H and O–H groups in total. The molecule has 0 radical (unpaired) electrons. The highest BCUT2D eigenvalue weighted by molar-refractivity contribution is 4.97. The fraction of sp³-hybridized carbons (Fsp3) is 0.952. The summed E-state index contributed by atoms with van der Waals surface area (Å²) in [6.07, 6.45) is 54.5. The molecule has 0 spiro atoms. The van der Waals surface area contributed by atoms with Gasteiger partial charge in [-0.2, -0.15) is 0 Å². The predicted molar refractivity (Wildman–Crippen MR) is 200 cm³/mol. The molecule has 1 aliphatic heterocycles. The van der Waals surface area contributed by atoms with E-state index in [4.69, 9.17) is 0 Å². The third-order valence-electron chi connectivity index (χ3n) is 10.3. The first-order valence-corrected chi connectivity index (χ1v) is 21.0. The summed E-state index contributed by atoms with van der Waals surface area (Å²) < 4.78 is 0. The Morgan fingerprint density at radius 2 is 0.523 bits per heavy atom. The summed E-state index contributed by atoms with van der Waals surface area (Å²) in [4.78, 5) is 5.39. The Bertz CT molecular complexity index is 572. The third-order valence-corrected chi connectivity index (χ3v) is 10.3. The molecule has 1 atom stereocenters. The molecule has 2 heteroatoms. The maximum atomic E-state index is 2.71. The lowest BCUT2D eigenvalue weighted by atomic mass is 10.0. The lowest BCUT2D eigenvalue weighted by molar-refractivity contribution is 0.135. The highest BCUT2D eigenvalue weighted by atomic mass is 15.4. The minimum atomic E-state index is 0.639. The molecule has 1 aliphatic rings. The van der Waals surface area contributed by atoms with Crippen molar-refractivity contribution in [3.8, 4) is 0 Å². The Morgan fingerprint density at radius 1 is 0.295 bits per heavy atom. The monoisotopic (exact) mass is 617 g/mol. The van der Waals surface area contributed by atoms with Crippen LogP contribution >= 0.6 is 0 Å². The number of hydrogen-bond acceptors (Lipinski definition) is 2. The van der Waals surface area contributed by atoms with Gasteiger partial charge < -0.3 is 9.80 Å². The van der Waals surface area contributed by atoms with Gasteiger partial charge in [0.05, 0.1) is 0 Å². The van der Waals surface area contributed by atoms with E-state index in [1.54, 1.807) is 0 Å². The Hall–Kier alpha value is -0.660. The maximum absolute atomic E-state index is 2.71. The van der Waals surface area contributed by atoms with Gasteiger partial charge in [0.2, 0.25) is 0 Å². The van der Waals surface area contributed by atoms with Gasteiger partial charge in [-0.25, -0.2) is 0 Å². The van der Waals surface area contributed by atoms with Crippen LogP contribution in [0.3, 0.4) is 0 Å². The molecule has 0 aliphatic carbocycles. The SMILES string of the molecule is CCCCCCCCCCCCCCCCCCN1C=CN(CCCCC)C1CCCCCCCCCCCCCCCC. The zero-order valence-electron chi connectivity index (χ0n) is 31.1. The van der Waals surface area contributed by atoms with Gasteiger partial charge in [0.1, 0.15) is 6.17 Å². The largest absolute Gasteiger partial charge is 0.356 e. The topological polar surface area (TPSA) is 6.48 Å².